The van der Waals surface area contributed by atoms with Crippen molar-refractivity contribution < 1.29 is 9.90 Å². The van der Waals surface area contributed by atoms with Crippen LogP contribution in [0.5, 0.6) is 0 Å². The van der Waals surface area contributed by atoms with Crippen molar-refractivity contribution in [3.8, 4) is 0 Å². The van der Waals surface area contributed by atoms with E-state index in [1.54, 1.807) is 13.0 Å². The second kappa shape index (κ2) is 5.03. The first-order chi connectivity index (χ1) is 4.68. The van der Waals surface area contributed by atoms with E-state index in [4.69, 9.17) is 0 Å². The maximum Gasteiger partial charge on any atom is 0.0668 e. The number of hydrogen-bond acceptors (Lipinski definition) is 2. The molecule has 0 saturated heterocycles. The third kappa shape index (κ3) is 4.13. The highest BCUT2D eigenvalue weighted by atomic mass is 16.4. The number of carbonyl (C=O) groups is 1. The van der Waals surface area contributed by atoms with Crippen molar-refractivity contribution >= 4 is 5.97 Å². The lowest BCUT2D eigenvalue weighted by Gasteiger charge is -1.99. The average Bonchev–Trinajstić information content (AvgIpc) is 1.88. The molecule has 10 heavy (non-hydrogen) atoms. The molecule has 0 unspecified atom stereocenters. The Kier molecular flexibility index (Phi) is 4.63. The zero-order valence-electron chi connectivity index (χ0n) is 6.52. The largest absolute Gasteiger partial charge is 0.545 e. The van der Waals surface area contributed by atoms with Gasteiger partial charge in [0.25, 0.3) is 0 Å². The van der Waals surface area contributed by atoms with Crippen LogP contribution in [0, 0.1) is 0 Å². The number of allylic oxidation sites excluding steroid dienone is 1. The summed E-state index contributed by atoms with van der Waals surface area (Å²) in [6.45, 7) is 3.63. The molecular formula is C8H13O2-. The highest BCUT2D eigenvalue weighted by Gasteiger charge is 1.86. The van der Waals surface area contributed by atoms with E-state index in [9.17, 15) is 9.90 Å². The maximum absolute atomic E-state index is 10.1. The van der Waals surface area contributed by atoms with Crippen molar-refractivity contribution in [2.24, 2.45) is 0 Å². The molecule has 0 heterocycles. The molecule has 0 fully saturated rings. The molecule has 0 radical (unpaired) electrons. The molecule has 0 aromatic carbocycles. The van der Waals surface area contributed by atoms with Crippen LogP contribution in [0.25, 0.3) is 0 Å². The van der Waals surface area contributed by atoms with Crippen LogP contribution >= 0.6 is 0 Å². The number of carbonyl (C=O) groups excluding carboxylic acids is 1. The standard InChI is InChI=1S/C8H14O2/c1-3-4-5-6-7(2)8(9)10/h6H,3-5H2,1-2H3,(H,9,10)/p-1/b7-6-. The van der Waals surface area contributed by atoms with Gasteiger partial charge in [0.15, 0.2) is 0 Å². The summed E-state index contributed by atoms with van der Waals surface area (Å²) in [4.78, 5) is 10.1. The molecule has 58 valence electrons. The second-order valence-corrected chi connectivity index (χ2v) is 2.32. The molecule has 0 aliphatic carbocycles. The normalized spacial score (nSPS) is 11.6. The molecule has 0 aromatic rings. The summed E-state index contributed by atoms with van der Waals surface area (Å²) in [5, 5.41) is 10.1. The number of unbranched alkanes of at least 4 members (excludes halogenated alkanes) is 2. The van der Waals surface area contributed by atoms with E-state index in [2.05, 4.69) is 6.92 Å². The van der Waals surface area contributed by atoms with Gasteiger partial charge in [0.05, 0.1) is 5.97 Å². The Hall–Kier alpha value is -0.790. The molecule has 0 N–H and O–H groups in total. The van der Waals surface area contributed by atoms with Crippen LogP contribution in [-0.4, -0.2) is 5.97 Å². The fourth-order valence-corrected chi connectivity index (χ4v) is 0.606. The molecular weight excluding hydrogens is 128 g/mol. The minimum Gasteiger partial charge on any atom is -0.545 e. The first-order valence-corrected chi connectivity index (χ1v) is 3.56. The average molecular weight is 141 g/mol. The summed E-state index contributed by atoms with van der Waals surface area (Å²) in [6, 6.07) is 0. The van der Waals surface area contributed by atoms with Gasteiger partial charge < -0.3 is 9.90 Å². The maximum atomic E-state index is 10.1. The van der Waals surface area contributed by atoms with Crippen molar-refractivity contribution in [1.82, 2.24) is 0 Å². The molecule has 0 atom stereocenters. The van der Waals surface area contributed by atoms with E-state index in [0.717, 1.165) is 19.3 Å². The fourth-order valence-electron chi connectivity index (χ4n) is 0.606. The van der Waals surface area contributed by atoms with Gasteiger partial charge in [-0.1, -0.05) is 25.8 Å². The Bertz CT molecular complexity index is 136. The molecule has 0 aliphatic heterocycles. The lowest BCUT2D eigenvalue weighted by atomic mass is 10.2. The minimum absolute atomic E-state index is 0.341. The van der Waals surface area contributed by atoms with Gasteiger partial charge >= 0.3 is 0 Å². The Morgan fingerprint density at radius 1 is 1.60 bits per heavy atom. The Labute approximate surface area is 61.6 Å². The summed E-state index contributed by atoms with van der Waals surface area (Å²) in [5.74, 6) is -1.06. The van der Waals surface area contributed by atoms with Crippen LogP contribution < -0.4 is 5.11 Å². The van der Waals surface area contributed by atoms with Gasteiger partial charge in [0.2, 0.25) is 0 Å². The smallest absolute Gasteiger partial charge is 0.0668 e. The molecule has 2 nitrogen and oxygen atoms in total. The van der Waals surface area contributed by atoms with E-state index in [0.29, 0.717) is 5.57 Å². The quantitative estimate of drug-likeness (QED) is 0.430. The number of carboxylic acids is 1. The Balaban J connectivity index is 3.58. The van der Waals surface area contributed by atoms with Crippen molar-refractivity contribution in [1.29, 1.82) is 0 Å². The third-order valence-electron chi connectivity index (χ3n) is 1.33. The van der Waals surface area contributed by atoms with Gasteiger partial charge in [-0.05, 0) is 18.9 Å². The number of carboxylic acid groups (broad SMARTS) is 1. The van der Waals surface area contributed by atoms with E-state index in [1.165, 1.54) is 0 Å². The summed E-state index contributed by atoms with van der Waals surface area (Å²) in [6.07, 6.45) is 4.69. The molecule has 0 aromatic heterocycles. The van der Waals surface area contributed by atoms with E-state index < -0.39 is 5.97 Å². The zero-order chi connectivity index (χ0) is 7.98. The summed E-state index contributed by atoms with van der Waals surface area (Å²) in [7, 11) is 0. The predicted octanol–water partition coefficient (Wildman–Crippen LogP) is 0.873. The van der Waals surface area contributed by atoms with Crippen LogP contribution in [0.4, 0.5) is 0 Å². The molecule has 0 rings (SSSR count). The number of hydrogen-bond donors (Lipinski definition) is 0. The lowest BCUT2D eigenvalue weighted by Crippen LogP contribution is -2.22. The van der Waals surface area contributed by atoms with E-state index >= 15 is 0 Å². The van der Waals surface area contributed by atoms with Gasteiger partial charge in [-0.25, -0.2) is 0 Å². The molecule has 2 heteroatoms. The third-order valence-corrected chi connectivity index (χ3v) is 1.33. The highest BCUT2D eigenvalue weighted by molar-refractivity contribution is 5.83. The topological polar surface area (TPSA) is 40.1 Å². The molecule has 0 aliphatic rings. The zero-order valence-corrected chi connectivity index (χ0v) is 6.52. The number of rotatable bonds is 4. The van der Waals surface area contributed by atoms with Gasteiger partial charge in [0, 0.05) is 0 Å². The van der Waals surface area contributed by atoms with E-state index in [-0.39, 0.29) is 0 Å². The SMILES string of the molecule is CCCC/C=C(/C)C(=O)[O-]. The summed E-state index contributed by atoms with van der Waals surface area (Å²) in [5.41, 5.74) is 0.341. The molecule has 0 amide bonds. The van der Waals surface area contributed by atoms with Gasteiger partial charge in [-0.2, -0.15) is 0 Å². The summed E-state index contributed by atoms with van der Waals surface area (Å²) >= 11 is 0. The van der Waals surface area contributed by atoms with E-state index in [1.807, 2.05) is 0 Å². The van der Waals surface area contributed by atoms with Crippen molar-refractivity contribution in [2.75, 3.05) is 0 Å². The van der Waals surface area contributed by atoms with Crippen LogP contribution in [-0.2, 0) is 4.79 Å². The van der Waals surface area contributed by atoms with Gasteiger partial charge in [-0.15, -0.1) is 0 Å². The Morgan fingerprint density at radius 3 is 2.60 bits per heavy atom. The minimum atomic E-state index is -1.06. The monoisotopic (exact) mass is 141 g/mol. The van der Waals surface area contributed by atoms with Crippen molar-refractivity contribution in [3.05, 3.63) is 11.6 Å². The lowest BCUT2D eigenvalue weighted by molar-refractivity contribution is -0.299. The van der Waals surface area contributed by atoms with Crippen LogP contribution in [0.3, 0.4) is 0 Å². The van der Waals surface area contributed by atoms with Gasteiger partial charge in [0.1, 0.15) is 0 Å². The van der Waals surface area contributed by atoms with Gasteiger partial charge in [-0.3, -0.25) is 0 Å². The van der Waals surface area contributed by atoms with Crippen LogP contribution in [0.2, 0.25) is 0 Å². The molecule has 0 spiro atoms. The molecule has 0 saturated carbocycles. The second-order valence-electron chi connectivity index (χ2n) is 2.32. The van der Waals surface area contributed by atoms with Crippen LogP contribution in [0.15, 0.2) is 11.6 Å². The highest BCUT2D eigenvalue weighted by Crippen LogP contribution is 1.99. The molecule has 0 bridgehead atoms. The first-order valence-electron chi connectivity index (χ1n) is 3.56. The van der Waals surface area contributed by atoms with Crippen molar-refractivity contribution in [3.63, 3.8) is 0 Å². The fraction of sp³-hybridized carbons (Fsp3) is 0.625. The summed E-state index contributed by atoms with van der Waals surface area (Å²) < 4.78 is 0. The Morgan fingerprint density at radius 2 is 2.20 bits per heavy atom. The first kappa shape index (κ1) is 9.21. The predicted molar refractivity (Wildman–Crippen MR) is 38.3 cm³/mol. The van der Waals surface area contributed by atoms with Crippen LogP contribution in [0.1, 0.15) is 33.1 Å². The number of aliphatic carboxylic acids is 1. The van der Waals surface area contributed by atoms with Crippen molar-refractivity contribution in [2.45, 2.75) is 33.1 Å².